The van der Waals surface area contributed by atoms with Gasteiger partial charge in [0.15, 0.2) is 0 Å². The van der Waals surface area contributed by atoms with Crippen molar-refractivity contribution >= 4 is 5.69 Å². The van der Waals surface area contributed by atoms with E-state index < -0.39 is 6.10 Å². The molecular weight excluding hydrogens is 366 g/mol. The molecule has 0 aliphatic carbocycles. The molecule has 152 valence electrons. The summed E-state index contributed by atoms with van der Waals surface area (Å²) in [6.45, 7) is 4.39. The summed E-state index contributed by atoms with van der Waals surface area (Å²) in [5.41, 5.74) is 0.632. The van der Waals surface area contributed by atoms with Crippen LogP contribution in [-0.4, -0.2) is 68.7 Å². The van der Waals surface area contributed by atoms with Gasteiger partial charge in [-0.25, -0.2) is 8.78 Å². The van der Waals surface area contributed by atoms with Crippen molar-refractivity contribution in [3.05, 3.63) is 60.2 Å². The Kier molecular flexibility index (Phi) is 7.59. The molecule has 1 saturated heterocycles. The minimum Gasteiger partial charge on any atom is -0.491 e. The Hall–Kier alpha value is -2.22. The lowest BCUT2D eigenvalue weighted by Gasteiger charge is -2.36. The molecule has 1 aliphatic rings. The minimum absolute atomic E-state index is 0.202. The lowest BCUT2D eigenvalue weighted by Crippen LogP contribution is -2.49. The third-order valence-corrected chi connectivity index (χ3v) is 4.65. The summed E-state index contributed by atoms with van der Waals surface area (Å²) >= 11 is 0. The Morgan fingerprint density at radius 3 is 2.36 bits per heavy atom. The first-order chi connectivity index (χ1) is 13.6. The smallest absolute Gasteiger partial charge is 0.146 e. The first kappa shape index (κ1) is 20.5. The second kappa shape index (κ2) is 10.4. The third kappa shape index (κ3) is 6.15. The Bertz CT molecular complexity index is 722. The SMILES string of the molecule is OC(COCCOc1ccc(F)cc1)CN1CCN(c2ccccc2F)CC1. The number of rotatable bonds is 9. The van der Waals surface area contributed by atoms with Gasteiger partial charge in [-0.15, -0.1) is 0 Å². The lowest BCUT2D eigenvalue weighted by molar-refractivity contribution is 0.00716. The van der Waals surface area contributed by atoms with Crippen molar-refractivity contribution in [1.82, 2.24) is 4.90 Å². The van der Waals surface area contributed by atoms with Gasteiger partial charge < -0.3 is 19.5 Å². The van der Waals surface area contributed by atoms with Crippen LogP contribution in [0.5, 0.6) is 5.75 Å². The van der Waals surface area contributed by atoms with Crippen LogP contribution in [0.1, 0.15) is 0 Å². The van der Waals surface area contributed by atoms with Crippen LogP contribution in [-0.2, 0) is 4.74 Å². The van der Waals surface area contributed by atoms with Gasteiger partial charge in [0.2, 0.25) is 0 Å². The number of hydrogen-bond acceptors (Lipinski definition) is 5. The number of benzene rings is 2. The number of anilines is 1. The van der Waals surface area contributed by atoms with Crippen LogP contribution in [0.4, 0.5) is 14.5 Å². The normalized spacial score (nSPS) is 16.2. The molecule has 0 spiro atoms. The van der Waals surface area contributed by atoms with Crippen molar-refractivity contribution in [2.24, 2.45) is 0 Å². The number of piperazine rings is 1. The fourth-order valence-electron chi connectivity index (χ4n) is 3.20. The van der Waals surface area contributed by atoms with Crippen LogP contribution in [0.2, 0.25) is 0 Å². The van der Waals surface area contributed by atoms with Crippen molar-refractivity contribution in [2.45, 2.75) is 6.10 Å². The molecule has 0 aromatic heterocycles. The summed E-state index contributed by atoms with van der Waals surface area (Å²) in [5.74, 6) is 0.0759. The van der Waals surface area contributed by atoms with E-state index in [9.17, 15) is 13.9 Å². The van der Waals surface area contributed by atoms with E-state index in [1.165, 1.54) is 18.2 Å². The van der Waals surface area contributed by atoms with Gasteiger partial charge in [-0.05, 0) is 36.4 Å². The van der Waals surface area contributed by atoms with E-state index in [-0.39, 0.29) is 18.2 Å². The Labute approximate surface area is 164 Å². The molecule has 0 amide bonds. The number of para-hydroxylation sites is 1. The average Bonchev–Trinajstić information content (AvgIpc) is 2.70. The fraction of sp³-hybridized carbons (Fsp3) is 0.429. The monoisotopic (exact) mass is 392 g/mol. The van der Waals surface area contributed by atoms with Gasteiger partial charge in [0.25, 0.3) is 0 Å². The quantitative estimate of drug-likeness (QED) is 0.665. The fourth-order valence-corrected chi connectivity index (χ4v) is 3.20. The van der Waals surface area contributed by atoms with Crippen molar-refractivity contribution in [1.29, 1.82) is 0 Å². The predicted octanol–water partition coefficient (Wildman–Crippen LogP) is 2.54. The molecule has 1 heterocycles. The molecule has 5 nitrogen and oxygen atoms in total. The summed E-state index contributed by atoms with van der Waals surface area (Å²) in [7, 11) is 0. The predicted molar refractivity (Wildman–Crippen MR) is 104 cm³/mol. The van der Waals surface area contributed by atoms with Crippen LogP contribution in [0.25, 0.3) is 0 Å². The Morgan fingerprint density at radius 2 is 1.64 bits per heavy atom. The molecule has 1 aliphatic heterocycles. The van der Waals surface area contributed by atoms with Gasteiger partial charge in [-0.2, -0.15) is 0 Å². The standard InChI is InChI=1S/C21H26F2N2O3/c22-17-5-7-19(8-6-17)28-14-13-27-16-18(26)15-24-9-11-25(12-10-24)21-4-2-1-3-20(21)23/h1-8,18,26H,9-16H2. The van der Waals surface area contributed by atoms with Crippen molar-refractivity contribution in [3.8, 4) is 5.75 Å². The average molecular weight is 392 g/mol. The summed E-state index contributed by atoms with van der Waals surface area (Å²) in [4.78, 5) is 4.18. The van der Waals surface area contributed by atoms with Gasteiger partial charge >= 0.3 is 0 Å². The number of β-amino-alcohol motifs (C(OH)–C–C–N with tert-alkyl or cyclic N) is 1. The Morgan fingerprint density at radius 1 is 0.929 bits per heavy atom. The van der Waals surface area contributed by atoms with Gasteiger partial charge in [0, 0.05) is 32.7 Å². The lowest BCUT2D eigenvalue weighted by atomic mass is 10.2. The molecule has 1 fully saturated rings. The number of halogens is 2. The Balaban J connectivity index is 1.29. The maximum Gasteiger partial charge on any atom is 0.146 e. The van der Waals surface area contributed by atoms with E-state index in [2.05, 4.69) is 4.90 Å². The summed E-state index contributed by atoms with van der Waals surface area (Å²) in [6, 6.07) is 12.6. The summed E-state index contributed by atoms with van der Waals surface area (Å²) in [6.07, 6.45) is -0.592. The highest BCUT2D eigenvalue weighted by Gasteiger charge is 2.21. The van der Waals surface area contributed by atoms with Crippen LogP contribution in [0.15, 0.2) is 48.5 Å². The van der Waals surface area contributed by atoms with Gasteiger partial charge in [0.1, 0.15) is 24.0 Å². The van der Waals surface area contributed by atoms with Crippen molar-refractivity contribution in [2.75, 3.05) is 57.4 Å². The molecule has 1 unspecified atom stereocenters. The van der Waals surface area contributed by atoms with E-state index in [1.807, 2.05) is 11.0 Å². The highest BCUT2D eigenvalue weighted by atomic mass is 19.1. The molecule has 7 heteroatoms. The molecule has 0 radical (unpaired) electrons. The second-order valence-electron chi connectivity index (χ2n) is 6.77. The number of aliphatic hydroxyl groups is 1. The number of ether oxygens (including phenoxy) is 2. The molecule has 0 saturated carbocycles. The molecule has 28 heavy (non-hydrogen) atoms. The molecular formula is C21H26F2N2O3. The van der Waals surface area contributed by atoms with Crippen LogP contribution < -0.4 is 9.64 Å². The second-order valence-corrected chi connectivity index (χ2v) is 6.77. The third-order valence-electron chi connectivity index (χ3n) is 4.65. The molecule has 1 N–H and O–H groups in total. The molecule has 0 bridgehead atoms. The number of hydrogen-bond donors (Lipinski definition) is 1. The van der Waals surface area contributed by atoms with Crippen LogP contribution in [0, 0.1) is 11.6 Å². The summed E-state index contributed by atoms with van der Waals surface area (Å²) in [5, 5.41) is 10.2. The maximum atomic E-state index is 13.9. The number of nitrogens with zero attached hydrogens (tertiary/aromatic N) is 2. The van der Waals surface area contributed by atoms with E-state index in [0.29, 0.717) is 31.2 Å². The zero-order valence-corrected chi connectivity index (χ0v) is 15.8. The van der Waals surface area contributed by atoms with Crippen LogP contribution in [0.3, 0.4) is 0 Å². The molecule has 1 atom stereocenters. The zero-order valence-electron chi connectivity index (χ0n) is 15.8. The maximum absolute atomic E-state index is 13.9. The highest BCUT2D eigenvalue weighted by molar-refractivity contribution is 5.47. The number of aliphatic hydroxyl groups excluding tert-OH is 1. The first-order valence-electron chi connectivity index (χ1n) is 9.48. The van der Waals surface area contributed by atoms with Crippen molar-refractivity contribution < 1.29 is 23.4 Å². The zero-order chi connectivity index (χ0) is 19.8. The highest BCUT2D eigenvalue weighted by Crippen LogP contribution is 2.20. The van der Waals surface area contributed by atoms with Crippen LogP contribution >= 0.6 is 0 Å². The van der Waals surface area contributed by atoms with E-state index in [0.717, 1.165) is 26.2 Å². The van der Waals surface area contributed by atoms with Gasteiger partial charge in [0.05, 0.1) is 25.0 Å². The van der Waals surface area contributed by atoms with Gasteiger partial charge in [-0.3, -0.25) is 4.90 Å². The van der Waals surface area contributed by atoms with Gasteiger partial charge in [-0.1, -0.05) is 12.1 Å². The largest absolute Gasteiger partial charge is 0.491 e. The molecule has 2 aromatic rings. The summed E-state index contributed by atoms with van der Waals surface area (Å²) < 4.78 is 37.6. The topological polar surface area (TPSA) is 45.2 Å². The minimum atomic E-state index is -0.592. The van der Waals surface area contributed by atoms with E-state index in [4.69, 9.17) is 9.47 Å². The molecule has 2 aromatic carbocycles. The molecule has 3 rings (SSSR count). The van der Waals surface area contributed by atoms with E-state index in [1.54, 1.807) is 24.3 Å². The first-order valence-corrected chi connectivity index (χ1v) is 9.48. The van der Waals surface area contributed by atoms with E-state index >= 15 is 0 Å². The van der Waals surface area contributed by atoms with Crippen molar-refractivity contribution in [3.63, 3.8) is 0 Å².